The summed E-state index contributed by atoms with van der Waals surface area (Å²) in [5, 5.41) is 21.5. The molecule has 0 spiro atoms. The molecule has 0 fully saturated rings. The predicted octanol–water partition coefficient (Wildman–Crippen LogP) is 6.12. The highest BCUT2D eigenvalue weighted by Gasteiger charge is 2.01. The first-order valence-corrected chi connectivity index (χ1v) is 11.1. The van der Waals surface area contributed by atoms with Crippen LogP contribution in [0.4, 0.5) is 0 Å². The third-order valence-corrected chi connectivity index (χ3v) is 4.67. The molecule has 0 atom stereocenters. The summed E-state index contributed by atoms with van der Waals surface area (Å²) in [6, 6.07) is 4.65. The largest absolute Gasteiger partial charge is 0.504 e. The van der Waals surface area contributed by atoms with E-state index in [2.05, 4.69) is 24.4 Å². The maximum atomic E-state index is 11.7. The quantitative estimate of drug-likeness (QED) is 0.141. The Morgan fingerprint density at radius 1 is 0.867 bits per heavy atom. The van der Waals surface area contributed by atoms with Crippen molar-refractivity contribution in [3.8, 4) is 11.5 Å². The van der Waals surface area contributed by atoms with Crippen LogP contribution in [0.5, 0.6) is 11.5 Å². The van der Waals surface area contributed by atoms with Gasteiger partial charge in [0.15, 0.2) is 11.5 Å². The lowest BCUT2D eigenvalue weighted by Crippen LogP contribution is -2.23. The van der Waals surface area contributed by atoms with Crippen molar-refractivity contribution in [2.24, 2.45) is 0 Å². The second-order valence-corrected chi connectivity index (χ2v) is 7.33. The predicted molar refractivity (Wildman–Crippen MR) is 126 cm³/mol. The molecule has 0 aliphatic rings. The zero-order valence-electron chi connectivity index (χ0n) is 18.2. The molecule has 0 heterocycles. The Labute approximate surface area is 181 Å². The van der Waals surface area contributed by atoms with Gasteiger partial charge in [0.1, 0.15) is 0 Å². The Bertz CT molecular complexity index is 717. The minimum atomic E-state index is -0.166. The van der Waals surface area contributed by atoms with Crippen molar-refractivity contribution in [3.63, 3.8) is 0 Å². The smallest absolute Gasteiger partial charge is 0.243 e. The standard InChI is InChI=1S/C26H37NO3/c1-2-3-4-5-6-7-8-9-10-11-12-13-14-15-16-17-26(30)27-21-20-23-18-19-24(28)25(29)22-23/h10-19,22,28-29H,2-9,20-21H2,1H3,(H,27,30). The first kappa shape index (κ1) is 25.3. The van der Waals surface area contributed by atoms with Gasteiger partial charge in [-0.1, -0.05) is 94.0 Å². The molecule has 1 aromatic carbocycles. The van der Waals surface area contributed by atoms with Crippen LogP contribution in [0.3, 0.4) is 0 Å². The summed E-state index contributed by atoms with van der Waals surface area (Å²) in [7, 11) is 0. The summed E-state index contributed by atoms with van der Waals surface area (Å²) >= 11 is 0. The van der Waals surface area contributed by atoms with E-state index in [1.165, 1.54) is 63.2 Å². The van der Waals surface area contributed by atoms with E-state index in [4.69, 9.17) is 0 Å². The Morgan fingerprint density at radius 3 is 2.27 bits per heavy atom. The van der Waals surface area contributed by atoms with E-state index < -0.39 is 0 Å². The molecule has 1 aromatic rings. The third kappa shape index (κ3) is 13.4. The summed E-state index contributed by atoms with van der Waals surface area (Å²) in [5.74, 6) is -0.457. The minimum Gasteiger partial charge on any atom is -0.504 e. The maximum absolute atomic E-state index is 11.7. The molecule has 0 aromatic heterocycles. The Morgan fingerprint density at radius 2 is 1.53 bits per heavy atom. The monoisotopic (exact) mass is 411 g/mol. The van der Waals surface area contributed by atoms with Gasteiger partial charge >= 0.3 is 0 Å². The topological polar surface area (TPSA) is 69.6 Å². The van der Waals surface area contributed by atoms with Gasteiger partial charge in [-0.05, 0) is 37.0 Å². The number of nitrogens with one attached hydrogen (secondary N) is 1. The highest BCUT2D eigenvalue weighted by atomic mass is 16.3. The van der Waals surface area contributed by atoms with Crippen molar-refractivity contribution < 1.29 is 15.0 Å². The molecule has 0 saturated heterocycles. The van der Waals surface area contributed by atoms with E-state index >= 15 is 0 Å². The molecular formula is C26H37NO3. The molecule has 3 N–H and O–H groups in total. The van der Waals surface area contributed by atoms with Crippen LogP contribution in [0, 0.1) is 0 Å². The van der Waals surface area contributed by atoms with Gasteiger partial charge in [0.05, 0.1) is 0 Å². The molecule has 0 unspecified atom stereocenters. The normalized spacial score (nSPS) is 12.0. The van der Waals surface area contributed by atoms with E-state index in [-0.39, 0.29) is 17.4 Å². The van der Waals surface area contributed by atoms with Crippen molar-refractivity contribution in [1.29, 1.82) is 0 Å². The minimum absolute atomic E-state index is 0.143. The van der Waals surface area contributed by atoms with Crippen LogP contribution in [0.1, 0.15) is 63.9 Å². The average Bonchev–Trinajstić information content (AvgIpc) is 2.73. The molecular weight excluding hydrogens is 374 g/mol. The van der Waals surface area contributed by atoms with Crippen LogP contribution in [0.25, 0.3) is 0 Å². The molecule has 0 radical (unpaired) electrons. The van der Waals surface area contributed by atoms with E-state index in [1.54, 1.807) is 12.1 Å². The van der Waals surface area contributed by atoms with Crippen molar-refractivity contribution >= 4 is 5.91 Å². The lowest BCUT2D eigenvalue weighted by atomic mass is 10.1. The fourth-order valence-electron chi connectivity index (χ4n) is 2.91. The SMILES string of the molecule is CCCCCCCCCC=CC=CC=CC=CC(=O)NCCc1ccc(O)c(O)c1. The first-order chi connectivity index (χ1) is 14.6. The fraction of sp³-hybridized carbons (Fsp3) is 0.423. The van der Waals surface area contributed by atoms with Gasteiger partial charge < -0.3 is 15.5 Å². The molecule has 1 rings (SSSR count). The second-order valence-electron chi connectivity index (χ2n) is 7.33. The van der Waals surface area contributed by atoms with Crippen LogP contribution >= 0.6 is 0 Å². The van der Waals surface area contributed by atoms with Crippen molar-refractivity contribution in [2.75, 3.05) is 6.54 Å². The van der Waals surface area contributed by atoms with E-state index in [9.17, 15) is 15.0 Å². The Hall–Kier alpha value is -2.75. The van der Waals surface area contributed by atoms with Crippen LogP contribution < -0.4 is 5.32 Å². The number of benzene rings is 1. The number of hydrogen-bond donors (Lipinski definition) is 3. The van der Waals surface area contributed by atoms with E-state index in [0.29, 0.717) is 13.0 Å². The third-order valence-electron chi connectivity index (χ3n) is 4.67. The maximum Gasteiger partial charge on any atom is 0.243 e. The molecule has 4 heteroatoms. The van der Waals surface area contributed by atoms with Gasteiger partial charge in [-0.3, -0.25) is 4.79 Å². The number of carbonyl (C=O) groups is 1. The fourth-order valence-corrected chi connectivity index (χ4v) is 2.91. The van der Waals surface area contributed by atoms with Crippen LogP contribution in [0.2, 0.25) is 0 Å². The molecule has 4 nitrogen and oxygen atoms in total. The number of carbonyl (C=O) groups excluding carboxylic acids is 1. The molecule has 30 heavy (non-hydrogen) atoms. The highest BCUT2D eigenvalue weighted by Crippen LogP contribution is 2.24. The van der Waals surface area contributed by atoms with Crippen molar-refractivity contribution in [1.82, 2.24) is 5.32 Å². The molecule has 1 amide bonds. The van der Waals surface area contributed by atoms with Gasteiger partial charge in [-0.15, -0.1) is 0 Å². The number of amides is 1. The number of phenols is 2. The zero-order valence-corrected chi connectivity index (χ0v) is 18.2. The number of phenolic OH excluding ortho intramolecular Hbond substituents is 2. The Kier molecular flexibility index (Phi) is 14.4. The highest BCUT2D eigenvalue weighted by molar-refractivity contribution is 5.87. The molecule has 0 aliphatic carbocycles. The van der Waals surface area contributed by atoms with Gasteiger partial charge in [0, 0.05) is 12.6 Å². The van der Waals surface area contributed by atoms with Gasteiger partial charge in [-0.2, -0.15) is 0 Å². The van der Waals surface area contributed by atoms with Crippen LogP contribution in [-0.4, -0.2) is 22.7 Å². The molecule has 0 aliphatic heterocycles. The molecule has 0 saturated carbocycles. The Balaban J connectivity index is 2.07. The van der Waals surface area contributed by atoms with Crippen molar-refractivity contribution in [2.45, 2.75) is 64.7 Å². The molecule has 164 valence electrons. The zero-order chi connectivity index (χ0) is 21.9. The van der Waals surface area contributed by atoms with Gasteiger partial charge in [0.2, 0.25) is 5.91 Å². The van der Waals surface area contributed by atoms with Gasteiger partial charge in [0.25, 0.3) is 0 Å². The number of hydrogen-bond acceptors (Lipinski definition) is 3. The molecule has 0 bridgehead atoms. The summed E-state index contributed by atoms with van der Waals surface area (Å²) < 4.78 is 0. The number of aromatic hydroxyl groups is 2. The number of unbranched alkanes of at least 4 members (excludes halogenated alkanes) is 7. The number of rotatable bonds is 15. The average molecular weight is 412 g/mol. The summed E-state index contributed by atoms with van der Waals surface area (Å²) in [4.78, 5) is 11.7. The summed E-state index contributed by atoms with van der Waals surface area (Å²) in [5.41, 5.74) is 0.847. The first-order valence-electron chi connectivity index (χ1n) is 11.1. The van der Waals surface area contributed by atoms with E-state index in [1.807, 2.05) is 24.3 Å². The lowest BCUT2D eigenvalue weighted by molar-refractivity contribution is -0.116. The second kappa shape index (κ2) is 17.1. The lowest BCUT2D eigenvalue weighted by Gasteiger charge is -2.04. The van der Waals surface area contributed by atoms with Crippen molar-refractivity contribution in [3.05, 3.63) is 72.4 Å². The summed E-state index contributed by atoms with van der Waals surface area (Å²) in [6.45, 7) is 2.71. The summed E-state index contributed by atoms with van der Waals surface area (Å²) in [6.07, 6.45) is 26.2. The van der Waals surface area contributed by atoms with Crippen LogP contribution in [0.15, 0.2) is 66.8 Å². The van der Waals surface area contributed by atoms with Gasteiger partial charge in [-0.25, -0.2) is 0 Å². The number of allylic oxidation sites excluding steroid dienone is 7. The van der Waals surface area contributed by atoms with E-state index in [0.717, 1.165) is 12.0 Å². The van der Waals surface area contributed by atoms with Crippen LogP contribution in [-0.2, 0) is 11.2 Å².